The van der Waals surface area contributed by atoms with Crippen molar-refractivity contribution in [2.24, 2.45) is 0 Å². The molecule has 0 aliphatic carbocycles. The zero-order chi connectivity index (χ0) is 30.4. The number of aliphatic hydroxyl groups excluding tert-OH is 2. The molecule has 10 heteroatoms. The summed E-state index contributed by atoms with van der Waals surface area (Å²) in [6.07, 6.45) is -1.97. The fourth-order valence-electron chi connectivity index (χ4n) is 5.28. The molecule has 1 fully saturated rings. The minimum Gasteiger partial charge on any atom is -0.497 e. The van der Waals surface area contributed by atoms with Crippen molar-refractivity contribution in [2.75, 3.05) is 20.3 Å². The first-order valence-electron chi connectivity index (χ1n) is 14.1. The minimum atomic E-state index is -1.93. The molecule has 3 aromatic carbocycles. The summed E-state index contributed by atoms with van der Waals surface area (Å²) in [4.78, 5) is 27.0. The topological polar surface area (TPSA) is 121 Å². The lowest BCUT2D eigenvalue weighted by molar-refractivity contribution is -0.177. The van der Waals surface area contributed by atoms with Gasteiger partial charge in [-0.2, -0.15) is 0 Å². The number of hydrogen-bond donors (Lipinski definition) is 2. The molecule has 10 nitrogen and oxygen atoms in total. The van der Waals surface area contributed by atoms with E-state index in [0.717, 1.165) is 20.3 Å². The molecule has 5 rings (SSSR count). The minimum absolute atomic E-state index is 0.0202. The second kappa shape index (κ2) is 13.5. The average molecular weight is 589 g/mol. The van der Waals surface area contributed by atoms with E-state index in [-0.39, 0.29) is 25.3 Å². The number of aryl methyl sites for hydroxylation is 1. The van der Waals surface area contributed by atoms with E-state index in [1.807, 2.05) is 60.7 Å². The summed E-state index contributed by atoms with van der Waals surface area (Å²) in [7, 11) is 1.55. The molecule has 0 radical (unpaired) electrons. The Morgan fingerprint density at radius 1 is 0.884 bits per heavy atom. The van der Waals surface area contributed by atoms with Crippen molar-refractivity contribution in [3.05, 3.63) is 134 Å². The van der Waals surface area contributed by atoms with Gasteiger partial charge in [0.2, 0.25) is 5.72 Å². The number of aliphatic hydroxyl groups is 2. The van der Waals surface area contributed by atoms with E-state index in [9.17, 15) is 19.8 Å². The van der Waals surface area contributed by atoms with Gasteiger partial charge in [0.25, 0.3) is 5.56 Å². The SMILES string of the molecule is COc1ccc(Cn2c(=O)c(C)cn([C@]3(CO)O[C@H](COCc4ccccc4)[C@@H](OCc4ccccc4)[C@@H]3O)c2=O)cc1. The van der Waals surface area contributed by atoms with Crippen molar-refractivity contribution in [3.63, 3.8) is 0 Å². The monoisotopic (exact) mass is 588 g/mol. The van der Waals surface area contributed by atoms with Crippen LogP contribution in [0, 0.1) is 6.92 Å². The van der Waals surface area contributed by atoms with Crippen LogP contribution in [0.1, 0.15) is 22.3 Å². The van der Waals surface area contributed by atoms with E-state index < -0.39 is 41.9 Å². The van der Waals surface area contributed by atoms with Crippen molar-refractivity contribution in [2.45, 2.75) is 50.7 Å². The smallest absolute Gasteiger partial charge is 0.333 e. The lowest BCUT2D eigenvalue weighted by Crippen LogP contribution is -2.56. The molecule has 4 aromatic rings. The van der Waals surface area contributed by atoms with Crippen molar-refractivity contribution < 1.29 is 29.2 Å². The van der Waals surface area contributed by atoms with E-state index in [1.165, 1.54) is 6.20 Å². The number of hydrogen-bond acceptors (Lipinski definition) is 8. The molecule has 1 aliphatic heterocycles. The molecule has 0 bridgehead atoms. The lowest BCUT2D eigenvalue weighted by atomic mass is 10.0. The van der Waals surface area contributed by atoms with Crippen LogP contribution in [0.25, 0.3) is 0 Å². The van der Waals surface area contributed by atoms with E-state index >= 15 is 0 Å². The van der Waals surface area contributed by atoms with Crippen LogP contribution >= 0.6 is 0 Å². The highest BCUT2D eigenvalue weighted by Gasteiger charge is 2.57. The molecule has 2 N–H and O–H groups in total. The maximum absolute atomic E-state index is 13.9. The zero-order valence-corrected chi connectivity index (χ0v) is 24.2. The van der Waals surface area contributed by atoms with Crippen LogP contribution in [-0.2, 0) is 39.7 Å². The van der Waals surface area contributed by atoms with Gasteiger partial charge in [0.1, 0.15) is 24.1 Å². The van der Waals surface area contributed by atoms with Crippen molar-refractivity contribution in [1.82, 2.24) is 9.13 Å². The van der Waals surface area contributed by atoms with Crippen LogP contribution in [0.3, 0.4) is 0 Å². The Hall–Kier alpha value is -4.06. The normalized spacial score (nSPS) is 21.6. The molecule has 2 heterocycles. The first kappa shape index (κ1) is 30.4. The standard InChI is InChI=1S/C33H36N2O8/c1-23-17-35(32(39)34(31(23)38)18-24-13-15-27(40-2)16-14-24)33(22-36)30(37)29(42-20-26-11-7-4-8-12-26)28(43-33)21-41-19-25-9-5-3-6-10-25/h3-17,28-30,36-37H,18-22H2,1-2H3/t28-,29-,30+,33-/m1/s1. The molecule has 1 aromatic heterocycles. The number of benzene rings is 3. The first-order chi connectivity index (χ1) is 20.9. The van der Waals surface area contributed by atoms with Gasteiger partial charge in [0.05, 0.1) is 40.1 Å². The Labute approximate surface area is 249 Å². The molecule has 43 heavy (non-hydrogen) atoms. The largest absolute Gasteiger partial charge is 0.497 e. The van der Waals surface area contributed by atoms with E-state index in [2.05, 4.69) is 0 Å². The molecule has 0 saturated carbocycles. The highest BCUT2D eigenvalue weighted by Crippen LogP contribution is 2.37. The van der Waals surface area contributed by atoms with Gasteiger partial charge in [-0.3, -0.25) is 13.9 Å². The summed E-state index contributed by atoms with van der Waals surface area (Å²) in [5, 5.41) is 22.5. The van der Waals surface area contributed by atoms with Crippen LogP contribution in [0.15, 0.2) is 101 Å². The predicted octanol–water partition coefficient (Wildman–Crippen LogP) is 2.58. The Morgan fingerprint density at radius 3 is 2.12 bits per heavy atom. The van der Waals surface area contributed by atoms with Gasteiger partial charge in [-0.15, -0.1) is 0 Å². The third kappa shape index (κ3) is 6.48. The molecule has 1 aliphatic rings. The van der Waals surface area contributed by atoms with Crippen molar-refractivity contribution in [1.29, 1.82) is 0 Å². The van der Waals surface area contributed by atoms with E-state index in [4.69, 9.17) is 18.9 Å². The Bertz CT molecular complexity index is 1600. The first-order valence-corrected chi connectivity index (χ1v) is 14.1. The maximum Gasteiger partial charge on any atom is 0.333 e. The van der Waals surface area contributed by atoms with Gasteiger partial charge in [0.15, 0.2) is 0 Å². The van der Waals surface area contributed by atoms with Gasteiger partial charge in [-0.1, -0.05) is 72.8 Å². The lowest BCUT2D eigenvalue weighted by Gasteiger charge is -2.33. The Morgan fingerprint density at radius 2 is 1.51 bits per heavy atom. The molecule has 4 atom stereocenters. The van der Waals surface area contributed by atoms with E-state index in [1.54, 1.807) is 38.3 Å². The van der Waals surface area contributed by atoms with Crippen LogP contribution in [-0.4, -0.2) is 58.0 Å². The third-order valence-electron chi connectivity index (χ3n) is 7.65. The summed E-state index contributed by atoms with van der Waals surface area (Å²) in [6, 6.07) is 26.0. The van der Waals surface area contributed by atoms with Crippen molar-refractivity contribution >= 4 is 0 Å². The maximum atomic E-state index is 13.9. The third-order valence-corrected chi connectivity index (χ3v) is 7.65. The van der Waals surface area contributed by atoms with Gasteiger partial charge >= 0.3 is 5.69 Å². The quantitative estimate of drug-likeness (QED) is 0.259. The molecule has 0 spiro atoms. The average Bonchev–Trinajstić information content (AvgIpc) is 3.32. The fourth-order valence-corrected chi connectivity index (χ4v) is 5.28. The van der Waals surface area contributed by atoms with Crippen molar-refractivity contribution in [3.8, 4) is 5.75 Å². The zero-order valence-electron chi connectivity index (χ0n) is 24.2. The summed E-state index contributed by atoms with van der Waals surface area (Å²) in [5.74, 6) is 0.640. The summed E-state index contributed by atoms with van der Waals surface area (Å²) < 4.78 is 25.8. The highest BCUT2D eigenvalue weighted by molar-refractivity contribution is 5.27. The molecule has 0 unspecified atom stereocenters. The number of methoxy groups -OCH3 is 1. The molecule has 0 amide bonds. The van der Waals surface area contributed by atoms with Crippen LogP contribution in [0.4, 0.5) is 0 Å². The summed E-state index contributed by atoms with van der Waals surface area (Å²) in [5.41, 5.74) is -0.403. The van der Waals surface area contributed by atoms with E-state index in [0.29, 0.717) is 17.9 Å². The number of nitrogens with zero attached hydrogens (tertiary/aromatic N) is 2. The second-order valence-electron chi connectivity index (χ2n) is 10.6. The van der Waals surface area contributed by atoms with Crippen LogP contribution < -0.4 is 16.0 Å². The Kier molecular flexibility index (Phi) is 9.54. The van der Waals surface area contributed by atoms with Gasteiger partial charge in [0, 0.05) is 11.8 Å². The molecular weight excluding hydrogens is 552 g/mol. The fraction of sp³-hybridized carbons (Fsp3) is 0.333. The van der Waals surface area contributed by atoms with Crippen LogP contribution in [0.5, 0.6) is 5.75 Å². The predicted molar refractivity (Wildman–Crippen MR) is 159 cm³/mol. The molecular formula is C33H36N2O8. The van der Waals surface area contributed by atoms with Gasteiger partial charge < -0.3 is 29.2 Å². The summed E-state index contributed by atoms with van der Waals surface area (Å²) in [6.45, 7) is 1.26. The van der Waals surface area contributed by atoms with Gasteiger partial charge in [-0.05, 0) is 35.7 Å². The van der Waals surface area contributed by atoms with Crippen LogP contribution in [0.2, 0.25) is 0 Å². The Balaban J connectivity index is 1.47. The van der Waals surface area contributed by atoms with Gasteiger partial charge in [-0.25, -0.2) is 4.79 Å². The second-order valence-corrected chi connectivity index (χ2v) is 10.6. The highest BCUT2D eigenvalue weighted by atomic mass is 16.6. The molecule has 1 saturated heterocycles. The number of ether oxygens (including phenoxy) is 4. The number of rotatable bonds is 12. The number of aromatic nitrogens is 2. The molecule has 226 valence electrons. The summed E-state index contributed by atoms with van der Waals surface area (Å²) >= 11 is 0.